The summed E-state index contributed by atoms with van der Waals surface area (Å²) in [5.74, 6) is 0.0586. The fraction of sp³-hybridized carbons (Fsp3) is 0.333. The number of sulfonamides is 1. The first-order valence-electron chi connectivity index (χ1n) is 8.49. The van der Waals surface area contributed by atoms with Crippen molar-refractivity contribution in [3.8, 4) is 0 Å². The molecule has 0 radical (unpaired) electrons. The number of rotatable bonds is 5. The first-order chi connectivity index (χ1) is 12.5. The normalized spacial score (nSPS) is 21.5. The Morgan fingerprint density at radius 2 is 1.88 bits per heavy atom. The molecule has 0 unspecified atom stereocenters. The second-order valence-electron chi connectivity index (χ2n) is 6.73. The van der Waals surface area contributed by atoms with Gasteiger partial charge in [0, 0.05) is 13.1 Å². The molecule has 136 valence electrons. The number of nitrogens with one attached hydrogen (secondary N) is 1. The molecule has 0 amide bonds. The first-order valence-corrected chi connectivity index (χ1v) is 9.98. The van der Waals surface area contributed by atoms with Crippen molar-refractivity contribution in [3.05, 3.63) is 54.1 Å². The lowest BCUT2D eigenvalue weighted by molar-refractivity contribution is 0.0280. The lowest BCUT2D eigenvalue weighted by atomic mass is 9.75. The number of aromatic nitrogens is 3. The Kier molecular flexibility index (Phi) is 4.26. The summed E-state index contributed by atoms with van der Waals surface area (Å²) in [6.45, 7) is 0. The van der Waals surface area contributed by atoms with Gasteiger partial charge in [0.15, 0.2) is 0 Å². The van der Waals surface area contributed by atoms with Crippen molar-refractivity contribution in [1.29, 1.82) is 0 Å². The monoisotopic (exact) mass is 372 g/mol. The van der Waals surface area contributed by atoms with E-state index < -0.39 is 16.1 Å². The van der Waals surface area contributed by atoms with Gasteiger partial charge in [-0.2, -0.15) is 0 Å². The fourth-order valence-electron chi connectivity index (χ4n) is 3.48. The van der Waals surface area contributed by atoms with E-state index >= 15 is 0 Å². The highest BCUT2D eigenvalue weighted by Gasteiger charge is 2.37. The van der Waals surface area contributed by atoms with Crippen molar-refractivity contribution in [2.75, 3.05) is 0 Å². The quantitative estimate of drug-likeness (QED) is 0.711. The Balaban J connectivity index is 1.72. The van der Waals surface area contributed by atoms with Crippen LogP contribution in [0.25, 0.3) is 11.0 Å². The van der Waals surface area contributed by atoms with Gasteiger partial charge in [-0.25, -0.2) is 17.8 Å². The van der Waals surface area contributed by atoms with Crippen molar-refractivity contribution < 1.29 is 13.5 Å². The molecule has 7 nitrogen and oxygen atoms in total. The molecule has 0 aliphatic heterocycles. The summed E-state index contributed by atoms with van der Waals surface area (Å²) in [7, 11) is -2.08. The lowest BCUT2D eigenvalue weighted by Crippen LogP contribution is -2.41. The summed E-state index contributed by atoms with van der Waals surface area (Å²) in [5, 5.41) is 17.6. The molecule has 3 aromatic rings. The second-order valence-corrected chi connectivity index (χ2v) is 8.41. The molecule has 4 rings (SSSR count). The summed E-state index contributed by atoms with van der Waals surface area (Å²) in [4.78, 5) is 0.115. The van der Waals surface area contributed by atoms with E-state index in [-0.39, 0.29) is 16.9 Å². The summed E-state index contributed by atoms with van der Waals surface area (Å²) in [6.07, 6.45) is 0.800. The van der Waals surface area contributed by atoms with E-state index in [1.165, 1.54) is 6.07 Å². The van der Waals surface area contributed by atoms with Crippen LogP contribution in [0, 0.1) is 5.92 Å². The summed E-state index contributed by atoms with van der Waals surface area (Å²) < 4.78 is 30.6. The summed E-state index contributed by atoms with van der Waals surface area (Å²) >= 11 is 0. The van der Waals surface area contributed by atoms with E-state index in [4.69, 9.17) is 0 Å². The van der Waals surface area contributed by atoms with Crippen molar-refractivity contribution >= 4 is 21.1 Å². The standard InChI is InChI=1S/C18H20N4O3S/c1-22-15-8-5-9-16(18(15)19-21-22)26(24,25)20-17(13-10-14(23)11-13)12-6-3-2-4-7-12/h2-9,13-14,17,20,23H,10-11H2,1H3/t13?,14?,17-/m0/s1. The van der Waals surface area contributed by atoms with Gasteiger partial charge in [-0.05, 0) is 36.5 Å². The van der Waals surface area contributed by atoms with Gasteiger partial charge in [0.25, 0.3) is 0 Å². The highest BCUT2D eigenvalue weighted by atomic mass is 32.2. The molecule has 0 bridgehead atoms. The minimum atomic E-state index is -3.81. The maximum Gasteiger partial charge on any atom is 0.243 e. The molecule has 1 heterocycles. The summed E-state index contributed by atoms with van der Waals surface area (Å²) in [6, 6.07) is 14.1. The number of benzene rings is 2. The Bertz CT molecular complexity index is 1030. The van der Waals surface area contributed by atoms with Gasteiger partial charge >= 0.3 is 0 Å². The first kappa shape index (κ1) is 17.1. The Hall–Kier alpha value is -2.29. The molecule has 26 heavy (non-hydrogen) atoms. The summed E-state index contributed by atoms with van der Waals surface area (Å²) in [5.41, 5.74) is 1.89. The number of hydrogen-bond donors (Lipinski definition) is 2. The Morgan fingerprint density at radius 1 is 1.15 bits per heavy atom. The lowest BCUT2D eigenvalue weighted by Gasteiger charge is -2.38. The van der Waals surface area contributed by atoms with Crippen LogP contribution < -0.4 is 4.72 Å². The van der Waals surface area contributed by atoms with Gasteiger partial charge in [-0.3, -0.25) is 0 Å². The molecule has 1 aliphatic carbocycles. The van der Waals surface area contributed by atoms with E-state index in [0.717, 1.165) is 5.56 Å². The van der Waals surface area contributed by atoms with Gasteiger partial charge in [0.05, 0.1) is 11.6 Å². The van der Waals surface area contributed by atoms with Crippen molar-refractivity contribution in [2.24, 2.45) is 13.0 Å². The molecule has 8 heteroatoms. The van der Waals surface area contributed by atoms with Crippen molar-refractivity contribution in [1.82, 2.24) is 19.7 Å². The van der Waals surface area contributed by atoms with Crippen LogP contribution in [-0.2, 0) is 17.1 Å². The van der Waals surface area contributed by atoms with E-state index in [1.807, 2.05) is 30.3 Å². The van der Waals surface area contributed by atoms with Crippen LogP contribution in [-0.4, -0.2) is 34.6 Å². The number of aliphatic hydroxyl groups excluding tert-OH is 1. The molecule has 2 N–H and O–H groups in total. The minimum Gasteiger partial charge on any atom is -0.393 e. The fourth-order valence-corrected chi connectivity index (χ4v) is 4.93. The number of aryl methyl sites for hydroxylation is 1. The zero-order chi connectivity index (χ0) is 18.3. The molecule has 1 saturated carbocycles. The predicted octanol–water partition coefficient (Wildman–Crippen LogP) is 1.76. The Morgan fingerprint density at radius 3 is 2.58 bits per heavy atom. The molecular weight excluding hydrogens is 352 g/mol. The van der Waals surface area contributed by atoms with E-state index in [1.54, 1.807) is 23.9 Å². The molecular formula is C18H20N4O3S. The van der Waals surface area contributed by atoms with Crippen LogP contribution >= 0.6 is 0 Å². The van der Waals surface area contributed by atoms with Crippen LogP contribution in [0.1, 0.15) is 24.4 Å². The molecule has 1 fully saturated rings. The van der Waals surface area contributed by atoms with Crippen LogP contribution in [0.5, 0.6) is 0 Å². The van der Waals surface area contributed by atoms with Gasteiger partial charge in [0.1, 0.15) is 10.4 Å². The molecule has 1 atom stereocenters. The number of hydrogen-bond acceptors (Lipinski definition) is 5. The molecule has 1 aromatic heterocycles. The van der Waals surface area contributed by atoms with E-state index in [9.17, 15) is 13.5 Å². The highest BCUT2D eigenvalue weighted by molar-refractivity contribution is 7.89. The van der Waals surface area contributed by atoms with Gasteiger partial charge in [-0.15, -0.1) is 5.10 Å². The largest absolute Gasteiger partial charge is 0.393 e. The average molecular weight is 372 g/mol. The smallest absolute Gasteiger partial charge is 0.243 e. The zero-order valence-corrected chi connectivity index (χ0v) is 15.1. The SMILES string of the molecule is Cn1nnc2c(S(=O)(=O)N[C@@H](c3ccccc3)C3CC(O)C3)cccc21. The number of fused-ring (bicyclic) bond motifs is 1. The van der Waals surface area contributed by atoms with Crippen molar-refractivity contribution in [3.63, 3.8) is 0 Å². The van der Waals surface area contributed by atoms with Crippen LogP contribution in [0.15, 0.2) is 53.4 Å². The predicted molar refractivity (Wildman–Crippen MR) is 96.7 cm³/mol. The van der Waals surface area contributed by atoms with Crippen molar-refractivity contribution in [2.45, 2.75) is 29.9 Å². The Labute approximate surface area is 151 Å². The third-order valence-electron chi connectivity index (χ3n) is 4.96. The van der Waals surface area contributed by atoms with Crippen LogP contribution in [0.4, 0.5) is 0 Å². The topological polar surface area (TPSA) is 97.1 Å². The maximum atomic E-state index is 13.1. The average Bonchev–Trinajstić information content (AvgIpc) is 2.99. The van der Waals surface area contributed by atoms with E-state index in [2.05, 4.69) is 15.0 Å². The highest BCUT2D eigenvalue weighted by Crippen LogP contribution is 2.39. The second kappa shape index (κ2) is 6.46. The minimum absolute atomic E-state index is 0.0586. The van der Waals surface area contributed by atoms with Gasteiger partial charge in [-0.1, -0.05) is 41.6 Å². The molecule has 0 spiro atoms. The maximum absolute atomic E-state index is 13.1. The molecule has 2 aromatic carbocycles. The number of nitrogens with zero attached hydrogens (tertiary/aromatic N) is 3. The number of aliphatic hydroxyl groups is 1. The zero-order valence-electron chi connectivity index (χ0n) is 14.3. The third kappa shape index (κ3) is 3.00. The van der Waals surface area contributed by atoms with Crippen LogP contribution in [0.2, 0.25) is 0 Å². The third-order valence-corrected chi connectivity index (χ3v) is 6.43. The van der Waals surface area contributed by atoms with Gasteiger partial charge < -0.3 is 5.11 Å². The molecule has 0 saturated heterocycles. The van der Waals surface area contributed by atoms with Gasteiger partial charge in [0.2, 0.25) is 10.0 Å². The van der Waals surface area contributed by atoms with E-state index in [0.29, 0.717) is 23.9 Å². The molecule has 1 aliphatic rings. The van der Waals surface area contributed by atoms with Crippen LogP contribution in [0.3, 0.4) is 0 Å².